The second-order valence-electron chi connectivity index (χ2n) is 11.7. The van der Waals surface area contributed by atoms with Crippen LogP contribution in [0.25, 0.3) is 0 Å². The molecule has 0 N–H and O–H groups in total. The molecule has 0 radical (unpaired) electrons. The van der Waals surface area contributed by atoms with Crippen LogP contribution in [0.2, 0.25) is 0 Å². The number of rotatable bonds is 6. The van der Waals surface area contributed by atoms with E-state index in [1.165, 1.54) is 32.1 Å². The van der Waals surface area contributed by atoms with Crippen LogP contribution in [-0.2, 0) is 4.79 Å². The molecule has 0 spiro atoms. The van der Waals surface area contributed by atoms with Crippen LogP contribution in [0.4, 0.5) is 0 Å². The molecule has 30 heavy (non-hydrogen) atoms. The molecular weight excluding hydrogens is 370 g/mol. The predicted octanol–water partition coefficient (Wildman–Crippen LogP) is 6.46. The number of allylic oxidation sites excluding steroid dienone is 1. The second kappa shape index (κ2) is 10.2. The van der Waals surface area contributed by atoms with E-state index in [1.807, 2.05) is 0 Å². The molecule has 1 aliphatic carbocycles. The lowest BCUT2D eigenvalue weighted by molar-refractivity contribution is -0.105. The van der Waals surface area contributed by atoms with Crippen LogP contribution in [-0.4, -0.2) is 41.9 Å². The van der Waals surface area contributed by atoms with Crippen LogP contribution < -0.4 is 0 Å². The highest BCUT2D eigenvalue weighted by Gasteiger charge is 2.30. The van der Waals surface area contributed by atoms with Gasteiger partial charge in [0.25, 0.3) is 0 Å². The zero-order chi connectivity index (χ0) is 22.5. The Hall–Kier alpha value is -1.45. The Morgan fingerprint density at radius 3 is 2.30 bits per heavy atom. The summed E-state index contributed by atoms with van der Waals surface area (Å²) in [6.45, 7) is 19.7. The molecule has 0 aromatic carbocycles. The van der Waals surface area contributed by atoms with E-state index < -0.39 is 0 Å². The fraction of sp³-hybridized carbons (Fsp3) is 0.808. The molecule has 1 heterocycles. The first kappa shape index (κ1) is 24.8. The molecule has 0 aromatic rings. The summed E-state index contributed by atoms with van der Waals surface area (Å²) in [6.07, 6.45) is 9.56. The van der Waals surface area contributed by atoms with Gasteiger partial charge in [-0.25, -0.2) is 4.99 Å². The van der Waals surface area contributed by atoms with Crippen molar-refractivity contribution < 1.29 is 4.79 Å². The summed E-state index contributed by atoms with van der Waals surface area (Å²) in [4.78, 5) is 24.4. The van der Waals surface area contributed by atoms with E-state index in [0.717, 1.165) is 54.5 Å². The Morgan fingerprint density at radius 1 is 1.13 bits per heavy atom. The molecule has 2 aliphatic rings. The van der Waals surface area contributed by atoms with Crippen LogP contribution >= 0.6 is 0 Å². The van der Waals surface area contributed by atoms with Crippen molar-refractivity contribution in [1.29, 1.82) is 0 Å². The van der Waals surface area contributed by atoms with Crippen LogP contribution in [0.3, 0.4) is 0 Å². The summed E-state index contributed by atoms with van der Waals surface area (Å²) >= 11 is 0. The van der Waals surface area contributed by atoms with Gasteiger partial charge in [0, 0.05) is 24.1 Å². The molecule has 0 saturated heterocycles. The van der Waals surface area contributed by atoms with E-state index in [1.54, 1.807) is 0 Å². The number of carbonyl (C=O) groups is 1. The Kier molecular flexibility index (Phi) is 8.47. The standard InChI is InChI=1S/C26H45N3O/c1-19-16-22(18-30)23(24(27-19)26(6,7)8)28-20(2)29(15-14-25(3,4)5)17-21-12-10-9-11-13-21/h18-19,21H,9-17H2,1-8H3. The van der Waals surface area contributed by atoms with Crippen molar-refractivity contribution in [1.82, 2.24) is 4.90 Å². The van der Waals surface area contributed by atoms with Gasteiger partial charge in [-0.05, 0) is 50.9 Å². The van der Waals surface area contributed by atoms with E-state index in [-0.39, 0.29) is 16.9 Å². The molecule has 1 saturated carbocycles. The Bertz CT molecular complexity index is 682. The SMILES string of the molecule is CC(=NC1=C(C=O)CC(C)N=C1C(C)(C)C)N(CCC(C)(C)C)CC1CCCCC1. The zero-order valence-electron chi connectivity index (χ0n) is 20.8. The maximum Gasteiger partial charge on any atom is 0.148 e. The topological polar surface area (TPSA) is 45.0 Å². The minimum Gasteiger partial charge on any atom is -0.360 e. The maximum absolute atomic E-state index is 11.9. The second-order valence-corrected chi connectivity index (χ2v) is 11.7. The van der Waals surface area contributed by atoms with Crippen molar-refractivity contribution in [3.63, 3.8) is 0 Å². The Balaban J connectivity index is 2.35. The number of hydrogen-bond donors (Lipinski definition) is 0. The maximum atomic E-state index is 11.9. The molecule has 1 aliphatic heterocycles. The number of dihydropyridines is 1. The highest BCUT2D eigenvalue weighted by atomic mass is 16.1. The molecule has 1 unspecified atom stereocenters. The summed E-state index contributed by atoms with van der Waals surface area (Å²) < 4.78 is 0. The summed E-state index contributed by atoms with van der Waals surface area (Å²) in [7, 11) is 0. The highest BCUT2D eigenvalue weighted by Crippen LogP contribution is 2.31. The van der Waals surface area contributed by atoms with E-state index >= 15 is 0 Å². The normalized spacial score (nSPS) is 22.2. The van der Waals surface area contributed by atoms with Crippen molar-refractivity contribution in [3.8, 4) is 0 Å². The summed E-state index contributed by atoms with van der Waals surface area (Å²) in [5, 5.41) is 0. The van der Waals surface area contributed by atoms with Gasteiger partial charge in [-0.2, -0.15) is 0 Å². The minimum atomic E-state index is -0.137. The fourth-order valence-corrected chi connectivity index (χ4v) is 4.44. The summed E-state index contributed by atoms with van der Waals surface area (Å²) in [6, 6.07) is 0.137. The third kappa shape index (κ3) is 7.35. The molecule has 170 valence electrons. The molecule has 2 rings (SSSR count). The van der Waals surface area contributed by atoms with Gasteiger partial charge in [0.05, 0.1) is 17.5 Å². The van der Waals surface area contributed by atoms with Crippen LogP contribution in [0.5, 0.6) is 0 Å². The molecule has 0 aromatic heterocycles. The predicted molar refractivity (Wildman–Crippen MR) is 129 cm³/mol. The third-order valence-corrected chi connectivity index (χ3v) is 6.31. The highest BCUT2D eigenvalue weighted by molar-refractivity contribution is 6.09. The fourth-order valence-electron chi connectivity index (χ4n) is 4.44. The average molecular weight is 416 g/mol. The van der Waals surface area contributed by atoms with Gasteiger partial charge in [-0.1, -0.05) is 60.8 Å². The lowest BCUT2D eigenvalue weighted by atomic mass is 9.83. The number of carbonyl (C=O) groups excluding carboxylic acids is 1. The smallest absolute Gasteiger partial charge is 0.148 e. The number of amidine groups is 1. The van der Waals surface area contributed by atoms with Crippen LogP contribution in [0.1, 0.15) is 100 Å². The van der Waals surface area contributed by atoms with Gasteiger partial charge in [0.15, 0.2) is 0 Å². The van der Waals surface area contributed by atoms with Crippen LogP contribution in [0.15, 0.2) is 21.3 Å². The number of hydrogen-bond acceptors (Lipinski definition) is 3. The van der Waals surface area contributed by atoms with Gasteiger partial charge in [-0.3, -0.25) is 9.79 Å². The number of nitrogens with zero attached hydrogens (tertiary/aromatic N) is 3. The Labute approximate surface area is 185 Å². The van der Waals surface area contributed by atoms with Crippen molar-refractivity contribution in [3.05, 3.63) is 11.3 Å². The molecule has 1 fully saturated rings. The molecule has 4 heteroatoms. The molecular formula is C26H45N3O. The van der Waals surface area contributed by atoms with Crippen LogP contribution in [0, 0.1) is 16.7 Å². The largest absolute Gasteiger partial charge is 0.360 e. The van der Waals surface area contributed by atoms with Crippen molar-refractivity contribution in [2.75, 3.05) is 13.1 Å². The van der Waals surface area contributed by atoms with E-state index in [0.29, 0.717) is 6.42 Å². The molecule has 4 nitrogen and oxygen atoms in total. The van der Waals surface area contributed by atoms with E-state index in [9.17, 15) is 4.79 Å². The molecule has 1 atom stereocenters. The molecule has 0 bridgehead atoms. The third-order valence-electron chi connectivity index (χ3n) is 6.31. The average Bonchev–Trinajstić information content (AvgIpc) is 2.65. The number of aliphatic imine (C=N–C) groups is 2. The minimum absolute atomic E-state index is 0.137. The first-order valence-corrected chi connectivity index (χ1v) is 12.0. The van der Waals surface area contributed by atoms with Gasteiger partial charge >= 0.3 is 0 Å². The van der Waals surface area contributed by atoms with Crippen molar-refractivity contribution in [2.24, 2.45) is 26.7 Å². The summed E-state index contributed by atoms with van der Waals surface area (Å²) in [5.41, 5.74) is 2.74. The lowest BCUT2D eigenvalue weighted by Gasteiger charge is -2.34. The monoisotopic (exact) mass is 415 g/mol. The van der Waals surface area contributed by atoms with Crippen molar-refractivity contribution in [2.45, 2.75) is 106 Å². The Morgan fingerprint density at radius 2 is 1.77 bits per heavy atom. The lowest BCUT2D eigenvalue weighted by Crippen LogP contribution is -2.37. The zero-order valence-corrected chi connectivity index (χ0v) is 20.8. The van der Waals surface area contributed by atoms with Gasteiger partial charge < -0.3 is 4.90 Å². The summed E-state index contributed by atoms with van der Waals surface area (Å²) in [5.74, 6) is 1.79. The van der Waals surface area contributed by atoms with Gasteiger partial charge in [-0.15, -0.1) is 0 Å². The first-order valence-electron chi connectivity index (χ1n) is 12.0. The van der Waals surface area contributed by atoms with E-state index in [4.69, 9.17) is 9.98 Å². The van der Waals surface area contributed by atoms with E-state index in [2.05, 4.69) is 60.3 Å². The van der Waals surface area contributed by atoms with Crippen molar-refractivity contribution >= 4 is 17.8 Å². The number of aldehydes is 1. The van der Waals surface area contributed by atoms with Gasteiger partial charge in [0.2, 0.25) is 0 Å². The quantitative estimate of drug-likeness (QED) is 0.284. The first-order chi connectivity index (χ1) is 13.9. The van der Waals surface area contributed by atoms with Gasteiger partial charge in [0.1, 0.15) is 12.1 Å². The molecule has 0 amide bonds.